The Bertz CT molecular complexity index is 707. The van der Waals surface area contributed by atoms with Gasteiger partial charge < -0.3 is 25.0 Å². The van der Waals surface area contributed by atoms with Gasteiger partial charge in [-0.3, -0.25) is 4.79 Å². The Morgan fingerprint density at radius 2 is 2.07 bits per heavy atom. The molecule has 1 amide bonds. The summed E-state index contributed by atoms with van der Waals surface area (Å²) in [7, 11) is 3.49. The molecule has 2 aliphatic rings. The fourth-order valence-corrected chi connectivity index (χ4v) is 3.64. The molecule has 1 fully saturated rings. The van der Waals surface area contributed by atoms with E-state index in [0.29, 0.717) is 25.2 Å². The number of guanidine groups is 1. The van der Waals surface area contributed by atoms with Crippen LogP contribution in [0.3, 0.4) is 0 Å². The van der Waals surface area contributed by atoms with Crippen molar-refractivity contribution in [1.82, 2.24) is 15.5 Å². The molecule has 2 N–H and O–H groups in total. The van der Waals surface area contributed by atoms with Crippen LogP contribution in [0.4, 0.5) is 0 Å². The average molecular weight is 530 g/mol. The molecule has 3 unspecified atom stereocenters. The van der Waals surface area contributed by atoms with Gasteiger partial charge in [-0.15, -0.1) is 24.0 Å². The van der Waals surface area contributed by atoms with Crippen LogP contribution in [-0.4, -0.2) is 75.4 Å². The summed E-state index contributed by atoms with van der Waals surface area (Å²) in [4.78, 5) is 18.1. The van der Waals surface area contributed by atoms with E-state index in [9.17, 15) is 4.79 Å². The average Bonchev–Trinajstić information content (AvgIpc) is 3.23. The topological polar surface area (TPSA) is 75.2 Å². The standard InChI is InChI=1S/C22H34N4O3.HI/c1-16(14-29-20-10-11-28-15-20)24-22(23-13-21(27)26(2)3)25-19-9-8-17-6-4-5-7-18(17)12-19;/h4-7,16,19-20H,8-15H2,1-3H3,(H2,23,24,25);1H. The number of nitrogens with one attached hydrogen (secondary N) is 2. The summed E-state index contributed by atoms with van der Waals surface area (Å²) in [6.45, 7) is 4.21. The number of aryl methyl sites for hydroxylation is 1. The van der Waals surface area contributed by atoms with E-state index in [2.05, 4.69) is 46.8 Å². The lowest BCUT2D eigenvalue weighted by molar-refractivity contribution is -0.127. The minimum absolute atomic E-state index is 0. The highest BCUT2D eigenvalue weighted by molar-refractivity contribution is 14.0. The molecule has 168 valence electrons. The van der Waals surface area contributed by atoms with Crippen molar-refractivity contribution in [3.8, 4) is 0 Å². The first-order valence-electron chi connectivity index (χ1n) is 10.5. The number of carbonyl (C=O) groups excluding carboxylic acids is 1. The Morgan fingerprint density at radius 3 is 2.77 bits per heavy atom. The number of ether oxygens (including phenoxy) is 2. The van der Waals surface area contributed by atoms with Gasteiger partial charge in [-0.1, -0.05) is 24.3 Å². The van der Waals surface area contributed by atoms with E-state index < -0.39 is 0 Å². The van der Waals surface area contributed by atoms with Crippen LogP contribution in [0.15, 0.2) is 29.3 Å². The molecule has 8 heteroatoms. The van der Waals surface area contributed by atoms with E-state index in [1.54, 1.807) is 19.0 Å². The third-order valence-electron chi connectivity index (χ3n) is 5.41. The third-order valence-corrected chi connectivity index (χ3v) is 5.41. The van der Waals surface area contributed by atoms with E-state index in [-0.39, 0.29) is 48.6 Å². The number of fused-ring (bicyclic) bond motifs is 1. The Labute approximate surface area is 197 Å². The van der Waals surface area contributed by atoms with Crippen LogP contribution in [-0.2, 0) is 27.1 Å². The molecule has 1 aliphatic heterocycles. The van der Waals surface area contributed by atoms with Crippen LogP contribution >= 0.6 is 24.0 Å². The second-order valence-electron chi connectivity index (χ2n) is 8.17. The predicted octanol–water partition coefficient (Wildman–Crippen LogP) is 1.98. The van der Waals surface area contributed by atoms with Crippen LogP contribution in [0.1, 0.15) is 30.9 Å². The van der Waals surface area contributed by atoms with Crippen LogP contribution in [0.5, 0.6) is 0 Å². The number of halogens is 1. The number of likely N-dealkylation sites (N-methyl/N-ethyl adjacent to an activating group) is 1. The normalized spacial score (nSPS) is 21.9. The molecule has 30 heavy (non-hydrogen) atoms. The SMILES string of the molecule is CC(COC1CCOC1)NC(=NCC(=O)N(C)C)NC1CCc2ccccc2C1.I. The van der Waals surface area contributed by atoms with Gasteiger partial charge >= 0.3 is 0 Å². The minimum atomic E-state index is -0.0212. The first kappa shape index (κ1) is 24.9. The van der Waals surface area contributed by atoms with Gasteiger partial charge in [-0.2, -0.15) is 0 Å². The number of amides is 1. The molecule has 1 heterocycles. The lowest BCUT2D eigenvalue weighted by Crippen LogP contribution is -2.50. The maximum atomic E-state index is 12.0. The van der Waals surface area contributed by atoms with E-state index in [1.807, 2.05) is 0 Å². The van der Waals surface area contributed by atoms with E-state index in [1.165, 1.54) is 11.1 Å². The number of benzene rings is 1. The van der Waals surface area contributed by atoms with Gasteiger partial charge in [0, 0.05) is 32.8 Å². The lowest BCUT2D eigenvalue weighted by atomic mass is 9.88. The minimum Gasteiger partial charge on any atom is -0.379 e. The largest absolute Gasteiger partial charge is 0.379 e. The zero-order chi connectivity index (χ0) is 20.6. The highest BCUT2D eigenvalue weighted by atomic mass is 127. The van der Waals surface area contributed by atoms with Crippen LogP contribution in [0.25, 0.3) is 0 Å². The molecule has 1 aromatic rings. The molecule has 1 aliphatic carbocycles. The summed E-state index contributed by atoms with van der Waals surface area (Å²) in [6, 6.07) is 8.97. The summed E-state index contributed by atoms with van der Waals surface area (Å²) < 4.78 is 11.3. The van der Waals surface area contributed by atoms with Gasteiger partial charge in [0.25, 0.3) is 0 Å². The summed E-state index contributed by atoms with van der Waals surface area (Å²) in [6.07, 6.45) is 4.19. The Hall–Kier alpha value is -1.39. The monoisotopic (exact) mass is 530 g/mol. The number of hydrogen-bond acceptors (Lipinski definition) is 4. The number of nitrogens with zero attached hydrogens (tertiary/aromatic N) is 2. The molecular formula is C22H35IN4O3. The van der Waals surface area contributed by atoms with Crippen LogP contribution < -0.4 is 10.6 Å². The highest BCUT2D eigenvalue weighted by Gasteiger charge is 2.21. The third kappa shape index (κ3) is 7.70. The van der Waals surface area contributed by atoms with Gasteiger partial charge in [-0.05, 0) is 43.7 Å². The molecule has 7 nitrogen and oxygen atoms in total. The van der Waals surface area contributed by atoms with Crippen molar-refractivity contribution < 1.29 is 14.3 Å². The van der Waals surface area contributed by atoms with Gasteiger partial charge in [0.2, 0.25) is 5.91 Å². The molecule has 3 rings (SSSR count). The first-order valence-corrected chi connectivity index (χ1v) is 10.5. The number of hydrogen-bond donors (Lipinski definition) is 2. The van der Waals surface area contributed by atoms with E-state index in [0.717, 1.165) is 32.3 Å². The molecule has 0 aromatic heterocycles. The number of carbonyl (C=O) groups is 1. The zero-order valence-corrected chi connectivity index (χ0v) is 20.6. The summed E-state index contributed by atoms with van der Waals surface area (Å²) in [5.41, 5.74) is 2.82. The van der Waals surface area contributed by atoms with Crippen molar-refractivity contribution >= 4 is 35.8 Å². The molecule has 1 saturated heterocycles. The van der Waals surface area contributed by atoms with Crippen molar-refractivity contribution in [3.05, 3.63) is 35.4 Å². The van der Waals surface area contributed by atoms with Crippen molar-refractivity contribution in [3.63, 3.8) is 0 Å². The molecule has 0 radical (unpaired) electrons. The zero-order valence-electron chi connectivity index (χ0n) is 18.2. The van der Waals surface area contributed by atoms with Gasteiger partial charge in [-0.25, -0.2) is 4.99 Å². The fourth-order valence-electron chi connectivity index (χ4n) is 3.64. The lowest BCUT2D eigenvalue weighted by Gasteiger charge is -2.28. The second kappa shape index (κ2) is 12.5. The van der Waals surface area contributed by atoms with E-state index >= 15 is 0 Å². The fraction of sp³-hybridized carbons (Fsp3) is 0.636. The van der Waals surface area contributed by atoms with E-state index in [4.69, 9.17) is 9.47 Å². The van der Waals surface area contributed by atoms with Crippen molar-refractivity contribution in [2.45, 2.75) is 50.8 Å². The Kier molecular flexibility index (Phi) is 10.3. The second-order valence-corrected chi connectivity index (χ2v) is 8.17. The first-order chi connectivity index (χ1) is 14.0. The quantitative estimate of drug-likeness (QED) is 0.321. The van der Waals surface area contributed by atoms with Gasteiger partial charge in [0.15, 0.2) is 5.96 Å². The van der Waals surface area contributed by atoms with Crippen molar-refractivity contribution in [2.75, 3.05) is 40.5 Å². The van der Waals surface area contributed by atoms with Crippen molar-refractivity contribution in [1.29, 1.82) is 0 Å². The van der Waals surface area contributed by atoms with Gasteiger partial charge in [0.1, 0.15) is 6.54 Å². The molecule has 0 spiro atoms. The molecular weight excluding hydrogens is 495 g/mol. The molecule has 3 atom stereocenters. The summed E-state index contributed by atoms with van der Waals surface area (Å²) in [5, 5.41) is 6.95. The van der Waals surface area contributed by atoms with Crippen LogP contribution in [0, 0.1) is 0 Å². The van der Waals surface area contributed by atoms with Gasteiger partial charge in [0.05, 0.1) is 19.3 Å². The molecule has 0 saturated carbocycles. The highest BCUT2D eigenvalue weighted by Crippen LogP contribution is 2.21. The van der Waals surface area contributed by atoms with Crippen LogP contribution in [0.2, 0.25) is 0 Å². The molecule has 1 aromatic carbocycles. The molecule has 0 bridgehead atoms. The number of aliphatic imine (C=N–C) groups is 1. The summed E-state index contributed by atoms with van der Waals surface area (Å²) >= 11 is 0. The Balaban J connectivity index is 0.00000320. The Morgan fingerprint density at radius 1 is 1.30 bits per heavy atom. The predicted molar refractivity (Wildman–Crippen MR) is 130 cm³/mol. The maximum absolute atomic E-state index is 12.0. The maximum Gasteiger partial charge on any atom is 0.243 e. The van der Waals surface area contributed by atoms with Crippen molar-refractivity contribution in [2.24, 2.45) is 4.99 Å². The smallest absolute Gasteiger partial charge is 0.243 e. The summed E-state index contributed by atoms with van der Waals surface area (Å²) in [5.74, 6) is 0.649. The number of rotatable bonds is 7.